The molecule has 0 aromatic heterocycles. The zero-order valence-electron chi connectivity index (χ0n) is 60.7. The zero-order valence-corrected chi connectivity index (χ0v) is 67.7. The first-order valence-electron chi connectivity index (χ1n) is 35.0. The summed E-state index contributed by atoms with van der Waals surface area (Å²) in [4.78, 5) is 0. The van der Waals surface area contributed by atoms with Crippen molar-refractivity contribution >= 4 is 101 Å². The van der Waals surface area contributed by atoms with Crippen LogP contribution in [0.2, 0.25) is 42.3 Å². The third-order valence-electron chi connectivity index (χ3n) is 17.0. The molecule has 7 N–H and O–H groups in total. The van der Waals surface area contributed by atoms with E-state index in [-0.39, 0.29) is 18.1 Å². The van der Waals surface area contributed by atoms with Gasteiger partial charge in [-0.25, -0.2) is 0 Å². The lowest BCUT2D eigenvalue weighted by molar-refractivity contribution is 0.0497. The minimum atomic E-state index is -4.40. The van der Waals surface area contributed by atoms with Gasteiger partial charge in [-0.05, 0) is 130 Å². The molecule has 22 nitrogen and oxygen atoms in total. The van der Waals surface area contributed by atoms with E-state index in [1.54, 1.807) is 64.0 Å². The molecule has 0 heterocycles. The van der Waals surface area contributed by atoms with Gasteiger partial charge in [0.1, 0.15) is 0 Å². The summed E-state index contributed by atoms with van der Waals surface area (Å²) in [5, 5.41) is 25.1. The maximum Gasteiger partial charge on any atom is 0.493 e. The van der Waals surface area contributed by atoms with Crippen LogP contribution in [-0.2, 0) is 64.5 Å². The average Bonchev–Trinajstić information content (AvgIpc) is 0.763. The number of anilines is 7. The minimum Gasteiger partial charge on any atom is -0.385 e. The van der Waals surface area contributed by atoms with Crippen LogP contribution in [0.15, 0.2) is 212 Å². The van der Waals surface area contributed by atoms with Gasteiger partial charge in [0.05, 0.1) is 0 Å². The number of nitrogens with one attached hydrogen (secondary N) is 7. The van der Waals surface area contributed by atoms with Crippen molar-refractivity contribution in [1.29, 1.82) is 0 Å². The van der Waals surface area contributed by atoms with Crippen LogP contribution in [0.25, 0.3) is 0 Å². The van der Waals surface area contributed by atoms with Crippen LogP contribution in [0, 0.1) is 0 Å². The van der Waals surface area contributed by atoms with Gasteiger partial charge < -0.3 is 102 Å². The fraction of sp³-hybridized carbons (Fsp3) is 0.417. The van der Waals surface area contributed by atoms with E-state index in [0.717, 1.165) is 39.8 Å². The minimum absolute atomic E-state index is 0.232. The highest BCUT2D eigenvalue weighted by Gasteiger charge is 2.65. The van der Waals surface area contributed by atoms with Crippen molar-refractivity contribution < 1.29 is 64.5 Å². The second-order valence-electron chi connectivity index (χ2n) is 24.0. The van der Waals surface area contributed by atoms with E-state index in [1.807, 2.05) is 212 Å². The molecular formula is C72H111N7O15Si7. The van der Waals surface area contributed by atoms with Crippen molar-refractivity contribution in [2.45, 2.75) is 87.3 Å². The quantitative estimate of drug-likeness (QED) is 0.0139. The largest absolute Gasteiger partial charge is 0.493 e. The first kappa shape index (κ1) is 82.3. The molecule has 0 radical (unpaired) electrons. The lowest BCUT2D eigenvalue weighted by atomic mass is 10.3. The lowest BCUT2D eigenvalue weighted by Crippen LogP contribution is -2.70. The van der Waals surface area contributed by atoms with Gasteiger partial charge >= 0.3 is 61.6 Å². The smallest absolute Gasteiger partial charge is 0.385 e. The zero-order chi connectivity index (χ0) is 71.7. The first-order chi connectivity index (χ1) is 49.3. The van der Waals surface area contributed by atoms with Crippen LogP contribution in [0.4, 0.5) is 39.8 Å². The molecule has 0 spiro atoms. The second kappa shape index (κ2) is 44.7. The van der Waals surface area contributed by atoms with Crippen LogP contribution in [0.3, 0.4) is 0 Å². The maximum atomic E-state index is 8.02. The molecule has 7 rings (SSSR count). The van der Waals surface area contributed by atoms with Crippen molar-refractivity contribution in [2.24, 2.45) is 0 Å². The summed E-state index contributed by atoms with van der Waals surface area (Å²) in [6.45, 7) is 3.89. The van der Waals surface area contributed by atoms with Gasteiger partial charge in [0.2, 0.25) is 0 Å². The first-order valence-corrected chi connectivity index (χ1v) is 48.6. The Morgan fingerprint density at radius 1 is 0.178 bits per heavy atom. The molecular weight excluding hydrogens is 1400 g/mol. The third-order valence-corrected chi connectivity index (χ3v) is 44.3. The van der Waals surface area contributed by atoms with Crippen LogP contribution >= 0.6 is 0 Å². The van der Waals surface area contributed by atoms with Crippen molar-refractivity contribution in [2.75, 3.05) is 147 Å². The summed E-state index contributed by atoms with van der Waals surface area (Å²) < 4.78 is 108. The van der Waals surface area contributed by atoms with E-state index in [0.29, 0.717) is 115 Å². The number of hydrogen-bond donors (Lipinski definition) is 7. The molecule has 0 saturated heterocycles. The Kier molecular flexibility index (Phi) is 36.4. The van der Waals surface area contributed by atoms with Gasteiger partial charge in [0, 0.05) is 192 Å². The van der Waals surface area contributed by atoms with Crippen LogP contribution in [0.5, 0.6) is 0 Å². The Labute approximate surface area is 609 Å². The monoisotopic (exact) mass is 1510 g/mol. The number of rotatable bonds is 56. The molecule has 0 saturated carbocycles. The molecule has 29 heteroatoms. The number of benzene rings is 7. The summed E-state index contributed by atoms with van der Waals surface area (Å²) in [6, 6.07) is 72.8. The predicted molar refractivity (Wildman–Crippen MR) is 420 cm³/mol. The van der Waals surface area contributed by atoms with Crippen molar-refractivity contribution in [3.63, 3.8) is 0 Å². The van der Waals surface area contributed by atoms with Crippen molar-refractivity contribution in [1.82, 2.24) is 0 Å². The van der Waals surface area contributed by atoms with Crippen molar-refractivity contribution in [3.8, 4) is 0 Å². The highest BCUT2D eigenvalue weighted by molar-refractivity contribution is 6.87. The van der Waals surface area contributed by atoms with Gasteiger partial charge in [-0.3, -0.25) is 0 Å². The normalized spacial score (nSPS) is 14.8. The summed E-state index contributed by atoms with van der Waals surface area (Å²) >= 11 is 0. The lowest BCUT2D eigenvalue weighted by Gasteiger charge is -2.46. The molecule has 0 aliphatic carbocycles. The fourth-order valence-corrected chi connectivity index (χ4v) is 41.5. The fourth-order valence-electron chi connectivity index (χ4n) is 11.5. The van der Waals surface area contributed by atoms with E-state index in [4.69, 9.17) is 64.5 Å². The van der Waals surface area contributed by atoms with E-state index in [9.17, 15) is 0 Å². The van der Waals surface area contributed by atoms with Gasteiger partial charge in [-0.1, -0.05) is 127 Å². The Morgan fingerprint density at radius 2 is 0.297 bits per heavy atom. The molecule has 4 unspecified atom stereocenters. The molecule has 0 aliphatic heterocycles. The molecule has 552 valence electrons. The highest BCUT2D eigenvalue weighted by atomic mass is 28.5. The predicted octanol–water partition coefficient (Wildman–Crippen LogP) is 15.0. The highest BCUT2D eigenvalue weighted by Crippen LogP contribution is 2.40. The Bertz CT molecular complexity index is 3080. The second-order valence-corrected chi connectivity index (χ2v) is 45.6. The summed E-state index contributed by atoms with van der Waals surface area (Å²) in [6.07, 6.45) is 3.88. The topological polar surface area (TPSA) is 223 Å². The Hall–Kier alpha value is -5.94. The third kappa shape index (κ3) is 27.9. The van der Waals surface area contributed by atoms with Crippen LogP contribution in [-0.4, -0.2) is 171 Å². The van der Waals surface area contributed by atoms with Crippen molar-refractivity contribution in [3.05, 3.63) is 212 Å². The molecule has 0 fully saturated rings. The van der Waals surface area contributed by atoms with Crippen LogP contribution < -0.4 is 37.2 Å². The Morgan fingerprint density at radius 3 is 0.426 bits per heavy atom. The number of para-hydroxylation sites is 7. The molecule has 101 heavy (non-hydrogen) atoms. The summed E-state index contributed by atoms with van der Waals surface area (Å²) in [5.74, 6) is 0. The molecule has 0 aliphatic rings. The van der Waals surface area contributed by atoms with E-state index >= 15 is 0 Å². The Balaban J connectivity index is 1.36. The molecule has 0 amide bonds. The average molecular weight is 1510 g/mol. The van der Waals surface area contributed by atoms with E-state index in [2.05, 4.69) is 37.2 Å². The van der Waals surface area contributed by atoms with Gasteiger partial charge in [-0.15, -0.1) is 0 Å². The molecule has 4 atom stereocenters. The molecule has 7 aromatic rings. The SMILES string of the molecule is CO[Si](CCCNc1ccccc1)(OC)O[Si](CCCNc1ccccc1)(OC)O[Si](CCCNc1ccccc1)(OC)O[Si](CCCNc1ccccc1)(OC)O[Si](CCCNc1ccccc1)(OC)O[Si](CCCNc1ccccc1)(OC)O[Si](CCCNc1ccccc1)(OC)OC. The molecule has 7 aromatic carbocycles. The summed E-state index contributed by atoms with van der Waals surface area (Å²) in [5.41, 5.74) is 6.81. The molecule has 0 bridgehead atoms. The van der Waals surface area contributed by atoms with E-state index in [1.165, 1.54) is 0 Å². The number of hydrogen-bond acceptors (Lipinski definition) is 22. The summed E-state index contributed by atoms with van der Waals surface area (Å²) in [7, 11) is -14.1. The van der Waals surface area contributed by atoms with Gasteiger partial charge in [-0.2, -0.15) is 0 Å². The maximum absolute atomic E-state index is 8.02. The standard InChI is InChI=1S/C72H111N7O15Si7/c1-80-95(81-2,59-31-52-73-66-38-17-10-18-39-66)89-97(84-5,61-33-54-75-68-42-21-12-22-43-68)91-99(86-7,63-35-56-77-70-46-25-14-26-47-70)93-101(88-9,65-37-58-79-72-50-29-16-30-51-72)94-100(87-8,64-36-57-78-71-48-27-15-28-49-71)92-98(85-6,62-34-55-76-69-44-23-13-24-45-69)90-96(82-3,83-4)60-32-53-74-67-40-19-11-20-41-67/h10-30,38-51,73-79H,31-37,52-65H2,1-9H3. The van der Waals surface area contributed by atoms with Gasteiger partial charge in [0.15, 0.2) is 0 Å². The van der Waals surface area contributed by atoms with Crippen LogP contribution in [0.1, 0.15) is 44.9 Å². The van der Waals surface area contributed by atoms with Gasteiger partial charge in [0.25, 0.3) is 0 Å². The van der Waals surface area contributed by atoms with E-state index < -0.39 is 61.6 Å².